The molecule has 2 aromatic heterocycles. The van der Waals surface area contributed by atoms with Crippen LogP contribution >= 0.6 is 23.2 Å². The smallest absolute Gasteiger partial charge is 0.350 e. The molecule has 3 aromatic carbocycles. The summed E-state index contributed by atoms with van der Waals surface area (Å²) in [4.78, 5) is 16.8. The Balaban J connectivity index is 0.964. The van der Waals surface area contributed by atoms with E-state index >= 15 is 0 Å². The molecule has 4 heterocycles. The molecule has 2 saturated heterocycles. The molecule has 2 aliphatic heterocycles. The van der Waals surface area contributed by atoms with Crippen LogP contribution < -0.4 is 19.7 Å². The van der Waals surface area contributed by atoms with Crippen LogP contribution in [-0.2, 0) is 21.8 Å². The van der Waals surface area contributed by atoms with Gasteiger partial charge in [-0.2, -0.15) is 10.2 Å². The number of rotatable bonds is 11. The predicted molar refractivity (Wildman–Crippen MR) is 194 cm³/mol. The van der Waals surface area contributed by atoms with Crippen LogP contribution in [-0.4, -0.2) is 74.6 Å². The van der Waals surface area contributed by atoms with Crippen LogP contribution in [0, 0.1) is 10.4 Å². The highest BCUT2D eigenvalue weighted by Gasteiger charge is 2.46. The SMILES string of the molecule is CCC(C)n1ncn(-c2ccc([N+]3([O-])CC[N+]([O-])(c4ccc(OC[C@H]5CO[C@](Cn6cncn6)(c6ccc(Cl)cc6Cl)O5)cc4)CC3)cc2)c1=O. The molecule has 0 spiro atoms. The predicted octanol–water partition coefficient (Wildman–Crippen LogP) is 5.57. The van der Waals surface area contributed by atoms with Gasteiger partial charge in [0.25, 0.3) is 0 Å². The number of hydrogen-bond donors (Lipinski definition) is 0. The lowest BCUT2D eigenvalue weighted by Gasteiger charge is -2.53. The molecule has 0 radical (unpaired) electrons. The molecule has 5 aromatic rings. The number of quaternary nitrogens is 2. The van der Waals surface area contributed by atoms with Gasteiger partial charge in [0.1, 0.15) is 81.5 Å². The Hall–Kier alpha value is -4.12. The second-order valence-electron chi connectivity index (χ2n) is 13.0. The van der Waals surface area contributed by atoms with Crippen molar-refractivity contribution in [2.45, 2.75) is 44.7 Å². The summed E-state index contributed by atoms with van der Waals surface area (Å²) in [5.41, 5.74) is 2.10. The van der Waals surface area contributed by atoms with Gasteiger partial charge in [-0.1, -0.05) is 36.2 Å². The van der Waals surface area contributed by atoms with Crippen LogP contribution in [0.5, 0.6) is 5.75 Å². The molecule has 51 heavy (non-hydrogen) atoms. The van der Waals surface area contributed by atoms with Crippen LogP contribution in [0.2, 0.25) is 10.0 Å². The molecular formula is C35H38Cl2N8O6. The number of halogens is 2. The van der Waals surface area contributed by atoms with Crippen LogP contribution in [0.4, 0.5) is 11.4 Å². The molecule has 7 rings (SSSR count). The fourth-order valence-electron chi connectivity index (χ4n) is 6.53. The Morgan fingerprint density at radius 3 is 2.24 bits per heavy atom. The molecular weight excluding hydrogens is 699 g/mol. The van der Waals surface area contributed by atoms with Crippen molar-refractivity contribution >= 4 is 34.6 Å². The van der Waals surface area contributed by atoms with E-state index in [1.54, 1.807) is 77.7 Å². The number of hydroxylamine groups is 4. The van der Waals surface area contributed by atoms with Crippen LogP contribution in [0.1, 0.15) is 31.9 Å². The molecule has 14 nitrogen and oxygen atoms in total. The molecule has 0 saturated carbocycles. The third kappa shape index (κ3) is 7.06. The van der Waals surface area contributed by atoms with Crippen molar-refractivity contribution in [2.24, 2.45) is 0 Å². The van der Waals surface area contributed by atoms with E-state index in [0.717, 1.165) is 6.42 Å². The molecule has 0 bridgehead atoms. The van der Waals surface area contributed by atoms with Crippen molar-refractivity contribution in [2.75, 3.05) is 39.4 Å². The van der Waals surface area contributed by atoms with E-state index in [-0.39, 0.29) is 57.7 Å². The second kappa shape index (κ2) is 14.1. The molecule has 0 N–H and O–H groups in total. The third-order valence-corrected chi connectivity index (χ3v) is 10.3. The Labute approximate surface area is 304 Å². The van der Waals surface area contributed by atoms with Gasteiger partial charge in [0.15, 0.2) is 0 Å². The zero-order chi connectivity index (χ0) is 35.8. The Kier molecular flexibility index (Phi) is 9.78. The summed E-state index contributed by atoms with van der Waals surface area (Å²) in [5, 5.41) is 37.1. The molecule has 2 aliphatic rings. The maximum atomic E-state index is 13.9. The monoisotopic (exact) mass is 736 g/mol. The first-order valence-electron chi connectivity index (χ1n) is 16.8. The van der Waals surface area contributed by atoms with Crippen molar-refractivity contribution < 1.29 is 14.2 Å². The normalized spacial score (nSPS) is 25.6. The first-order chi connectivity index (χ1) is 24.5. The first-order valence-corrected chi connectivity index (χ1v) is 17.5. The van der Waals surface area contributed by atoms with Gasteiger partial charge in [-0.05, 0) is 49.7 Å². The molecule has 2 fully saturated rings. The standard InChI is InChI=1S/C35H38Cl2N8O6/c1-3-25(2)43-34(46)42(24-40-43)27-5-7-28(8-6-27)44(47)14-16-45(48,17-15-44)29-9-11-30(12-10-29)49-19-31-20-50-35(51-31,21-41-23-38-22-39-41)32-13-4-26(36)18-33(32)37/h4-13,18,22-25,31H,3,14-17,19-21H2,1-2H3/t25?,31-,35-,44?,45?/m0/s1. The van der Waals surface area contributed by atoms with E-state index in [2.05, 4.69) is 15.2 Å². The topological polar surface area (TPSA) is 144 Å². The Bertz CT molecular complexity index is 2010. The van der Waals surface area contributed by atoms with E-state index in [1.165, 1.54) is 21.9 Å². The van der Waals surface area contributed by atoms with Crippen molar-refractivity contribution in [3.05, 3.63) is 122 Å². The van der Waals surface area contributed by atoms with E-state index < -0.39 is 21.2 Å². The Morgan fingerprint density at radius 1 is 0.961 bits per heavy atom. The van der Waals surface area contributed by atoms with Crippen molar-refractivity contribution in [1.82, 2.24) is 38.4 Å². The Morgan fingerprint density at radius 2 is 1.63 bits per heavy atom. The van der Waals surface area contributed by atoms with Gasteiger partial charge >= 0.3 is 5.69 Å². The molecule has 0 aliphatic carbocycles. The third-order valence-electron chi connectivity index (χ3n) is 9.73. The van der Waals surface area contributed by atoms with Gasteiger partial charge in [-0.15, -0.1) is 0 Å². The first kappa shape index (κ1) is 35.3. The second-order valence-corrected chi connectivity index (χ2v) is 13.8. The molecule has 268 valence electrons. The van der Waals surface area contributed by atoms with Crippen molar-refractivity contribution in [3.8, 4) is 11.4 Å². The lowest BCUT2D eigenvalue weighted by atomic mass is 10.1. The summed E-state index contributed by atoms with van der Waals surface area (Å²) in [5.74, 6) is -0.665. The van der Waals surface area contributed by atoms with E-state index in [0.29, 0.717) is 38.4 Å². The number of ether oxygens (including phenoxy) is 3. The highest BCUT2D eigenvalue weighted by molar-refractivity contribution is 6.35. The summed E-state index contributed by atoms with van der Waals surface area (Å²) in [6.45, 7) is 5.02. The van der Waals surface area contributed by atoms with E-state index in [9.17, 15) is 15.2 Å². The van der Waals surface area contributed by atoms with Gasteiger partial charge in [-0.3, -0.25) is 0 Å². The average Bonchev–Trinajstić information content (AvgIpc) is 3.90. The van der Waals surface area contributed by atoms with Gasteiger partial charge in [-0.25, -0.2) is 23.7 Å². The summed E-state index contributed by atoms with van der Waals surface area (Å²) in [6, 6.07) is 19.1. The van der Waals surface area contributed by atoms with Gasteiger partial charge < -0.3 is 33.9 Å². The van der Waals surface area contributed by atoms with Crippen molar-refractivity contribution in [1.29, 1.82) is 0 Å². The van der Waals surface area contributed by atoms with Gasteiger partial charge in [0.2, 0.25) is 5.79 Å². The summed E-state index contributed by atoms with van der Waals surface area (Å²) >= 11 is 12.7. The minimum Gasteiger partial charge on any atom is -0.627 e. The molecule has 1 unspecified atom stereocenters. The zero-order valence-corrected chi connectivity index (χ0v) is 29.7. The van der Waals surface area contributed by atoms with Crippen LogP contribution in [0.15, 0.2) is 90.5 Å². The minimum atomic E-state index is -1.23. The van der Waals surface area contributed by atoms with E-state index in [1.807, 2.05) is 13.8 Å². The van der Waals surface area contributed by atoms with Crippen LogP contribution in [0.25, 0.3) is 5.69 Å². The molecule has 16 heteroatoms. The maximum absolute atomic E-state index is 13.9. The highest BCUT2D eigenvalue weighted by atomic mass is 35.5. The largest absolute Gasteiger partial charge is 0.627 e. The fraction of sp³-hybridized carbons (Fsp3) is 0.371. The highest BCUT2D eigenvalue weighted by Crippen LogP contribution is 2.41. The summed E-state index contributed by atoms with van der Waals surface area (Å²) in [6.07, 6.45) is 4.85. The van der Waals surface area contributed by atoms with Crippen molar-refractivity contribution in [3.63, 3.8) is 0 Å². The quantitative estimate of drug-likeness (QED) is 0.125. The molecule has 3 atom stereocenters. The number of piperazine rings is 1. The molecule has 0 amide bonds. The lowest BCUT2D eigenvalue weighted by molar-refractivity contribution is -0.190. The van der Waals surface area contributed by atoms with Gasteiger partial charge in [0, 0.05) is 34.9 Å². The van der Waals surface area contributed by atoms with Gasteiger partial charge in [0.05, 0.1) is 23.4 Å². The average molecular weight is 738 g/mol. The summed E-state index contributed by atoms with van der Waals surface area (Å²) in [7, 11) is 0. The number of hydrogen-bond acceptors (Lipinski definition) is 9. The fourth-order valence-corrected chi connectivity index (χ4v) is 7.08. The van der Waals surface area contributed by atoms with E-state index in [4.69, 9.17) is 37.4 Å². The number of benzene rings is 3. The summed E-state index contributed by atoms with van der Waals surface area (Å²) < 4.78 is 22.0. The minimum absolute atomic E-state index is 0.0161. The number of aromatic nitrogens is 6. The zero-order valence-electron chi connectivity index (χ0n) is 28.2. The maximum Gasteiger partial charge on any atom is 0.350 e. The lowest BCUT2D eigenvalue weighted by Crippen LogP contribution is -2.64. The van der Waals surface area contributed by atoms with Crippen LogP contribution in [0.3, 0.4) is 0 Å². The number of nitrogens with zero attached hydrogens (tertiary/aromatic N) is 8.